The molecular formula is C14H18ClN3O6. The third kappa shape index (κ3) is 6.23. The largest absolute Gasteiger partial charge is 0.465 e. The van der Waals surface area contributed by atoms with E-state index in [1.807, 2.05) is 0 Å². The molecule has 4 N–H and O–H groups in total. The molecule has 0 heterocycles. The van der Waals surface area contributed by atoms with E-state index < -0.39 is 23.8 Å². The number of nitrogens with two attached hydrogens (primary N) is 1. The van der Waals surface area contributed by atoms with Gasteiger partial charge in [0.1, 0.15) is 0 Å². The standard InChI is InChI=1S/C14H17N3O6.ClH/c1-22-13(20)8-3-9(14(21)23-2)5-10(4-8)17-12(19)7-16-11(18)6-15;/h3-5H,6-7,15H2,1-2H3,(H,16,18)(H,17,19);1H. The van der Waals surface area contributed by atoms with Crippen molar-refractivity contribution in [2.75, 3.05) is 32.6 Å². The minimum atomic E-state index is -0.678. The van der Waals surface area contributed by atoms with Gasteiger partial charge in [0.25, 0.3) is 0 Å². The van der Waals surface area contributed by atoms with Crippen LogP contribution in [0.1, 0.15) is 20.7 Å². The van der Waals surface area contributed by atoms with Crippen LogP contribution < -0.4 is 16.4 Å². The van der Waals surface area contributed by atoms with Gasteiger partial charge in [0.05, 0.1) is 38.4 Å². The maximum Gasteiger partial charge on any atom is 0.337 e. The number of hydrogen-bond donors (Lipinski definition) is 3. The maximum atomic E-state index is 11.7. The summed E-state index contributed by atoms with van der Waals surface area (Å²) in [5.41, 5.74) is 5.41. The molecule has 1 rings (SSSR count). The van der Waals surface area contributed by atoms with Crippen LogP contribution in [-0.4, -0.2) is 51.1 Å². The summed E-state index contributed by atoms with van der Waals surface area (Å²) in [6.07, 6.45) is 0. The fourth-order valence-corrected chi connectivity index (χ4v) is 1.63. The molecule has 0 fully saturated rings. The lowest BCUT2D eigenvalue weighted by Crippen LogP contribution is -2.36. The third-order valence-corrected chi connectivity index (χ3v) is 2.69. The van der Waals surface area contributed by atoms with Crippen molar-refractivity contribution in [1.82, 2.24) is 5.32 Å². The molecule has 0 radical (unpaired) electrons. The Balaban J connectivity index is 0.00000529. The number of rotatable bonds is 6. The number of esters is 2. The zero-order chi connectivity index (χ0) is 17.4. The van der Waals surface area contributed by atoms with E-state index in [4.69, 9.17) is 5.73 Å². The predicted octanol–water partition coefficient (Wildman–Crippen LogP) is -0.305. The summed E-state index contributed by atoms with van der Waals surface area (Å²) in [7, 11) is 2.38. The summed E-state index contributed by atoms with van der Waals surface area (Å²) in [5.74, 6) is -2.39. The molecule has 0 unspecified atom stereocenters. The Hall–Kier alpha value is -2.65. The molecule has 0 aliphatic carbocycles. The highest BCUT2D eigenvalue weighted by molar-refractivity contribution is 6.00. The molecule has 0 saturated carbocycles. The Morgan fingerprint density at radius 2 is 1.46 bits per heavy atom. The van der Waals surface area contributed by atoms with Gasteiger partial charge in [-0.3, -0.25) is 9.59 Å². The first-order valence-electron chi connectivity index (χ1n) is 6.49. The van der Waals surface area contributed by atoms with E-state index in [2.05, 4.69) is 20.1 Å². The topological polar surface area (TPSA) is 137 Å². The molecule has 2 amide bonds. The molecule has 9 nitrogen and oxygen atoms in total. The second-order valence-electron chi connectivity index (χ2n) is 4.31. The van der Waals surface area contributed by atoms with Crippen LogP contribution in [0.15, 0.2) is 18.2 Å². The predicted molar refractivity (Wildman–Crippen MR) is 87.1 cm³/mol. The highest BCUT2D eigenvalue weighted by Crippen LogP contribution is 2.17. The molecule has 0 spiro atoms. The number of carbonyl (C=O) groups excluding carboxylic acids is 4. The van der Waals surface area contributed by atoms with Gasteiger partial charge in [0.2, 0.25) is 11.8 Å². The SMILES string of the molecule is COC(=O)c1cc(NC(=O)CNC(=O)CN)cc(C(=O)OC)c1.Cl. The van der Waals surface area contributed by atoms with Gasteiger partial charge in [-0.1, -0.05) is 0 Å². The molecule has 0 atom stereocenters. The molecule has 0 bridgehead atoms. The van der Waals surface area contributed by atoms with E-state index in [1.54, 1.807) is 0 Å². The van der Waals surface area contributed by atoms with Gasteiger partial charge in [-0.2, -0.15) is 0 Å². The minimum absolute atomic E-state index is 0. The Bertz CT molecular complexity index is 601. The van der Waals surface area contributed by atoms with Crippen LogP contribution in [0.25, 0.3) is 0 Å². The summed E-state index contributed by atoms with van der Waals surface area (Å²) >= 11 is 0. The quantitative estimate of drug-likeness (QED) is 0.593. The number of amides is 2. The van der Waals surface area contributed by atoms with E-state index >= 15 is 0 Å². The molecule has 0 aliphatic rings. The lowest BCUT2D eigenvalue weighted by molar-refractivity contribution is -0.123. The zero-order valence-electron chi connectivity index (χ0n) is 13.1. The molecule has 0 aliphatic heterocycles. The van der Waals surface area contributed by atoms with E-state index in [9.17, 15) is 19.2 Å². The molecule has 1 aromatic carbocycles. The van der Waals surface area contributed by atoms with Crippen molar-refractivity contribution in [3.05, 3.63) is 29.3 Å². The van der Waals surface area contributed by atoms with Crippen LogP contribution in [0.5, 0.6) is 0 Å². The summed E-state index contributed by atoms with van der Waals surface area (Å²) in [4.78, 5) is 46.0. The maximum absolute atomic E-state index is 11.7. The van der Waals surface area contributed by atoms with Crippen LogP contribution in [-0.2, 0) is 19.1 Å². The lowest BCUT2D eigenvalue weighted by atomic mass is 10.1. The Morgan fingerprint density at radius 1 is 0.958 bits per heavy atom. The third-order valence-electron chi connectivity index (χ3n) is 2.69. The van der Waals surface area contributed by atoms with Crippen LogP contribution in [0.4, 0.5) is 5.69 Å². The minimum Gasteiger partial charge on any atom is -0.465 e. The number of benzene rings is 1. The van der Waals surface area contributed by atoms with Crippen LogP contribution in [0.3, 0.4) is 0 Å². The van der Waals surface area contributed by atoms with E-state index in [0.717, 1.165) is 0 Å². The smallest absolute Gasteiger partial charge is 0.337 e. The first kappa shape index (κ1) is 21.4. The van der Waals surface area contributed by atoms with E-state index in [-0.39, 0.29) is 42.3 Å². The Morgan fingerprint density at radius 3 is 1.88 bits per heavy atom. The monoisotopic (exact) mass is 359 g/mol. The first-order chi connectivity index (χ1) is 10.9. The van der Waals surface area contributed by atoms with Crippen molar-refractivity contribution in [3.8, 4) is 0 Å². The first-order valence-corrected chi connectivity index (χ1v) is 6.49. The Kier molecular flexibility index (Phi) is 9.06. The molecule has 24 heavy (non-hydrogen) atoms. The highest BCUT2D eigenvalue weighted by atomic mass is 35.5. The van der Waals surface area contributed by atoms with Gasteiger partial charge in [0.15, 0.2) is 0 Å². The number of methoxy groups -OCH3 is 2. The molecule has 0 aromatic heterocycles. The number of ether oxygens (including phenoxy) is 2. The van der Waals surface area contributed by atoms with Crippen LogP contribution in [0.2, 0.25) is 0 Å². The van der Waals surface area contributed by atoms with Gasteiger partial charge in [-0.15, -0.1) is 12.4 Å². The normalized spacial score (nSPS) is 9.29. The van der Waals surface area contributed by atoms with E-state index in [1.165, 1.54) is 32.4 Å². The lowest BCUT2D eigenvalue weighted by Gasteiger charge is -2.10. The molecule has 10 heteroatoms. The average Bonchev–Trinajstić information content (AvgIpc) is 2.57. The van der Waals surface area contributed by atoms with Gasteiger partial charge < -0.3 is 25.8 Å². The summed E-state index contributed by atoms with van der Waals surface area (Å²) in [6, 6.07) is 3.95. The van der Waals surface area contributed by atoms with Gasteiger partial charge in [-0.05, 0) is 18.2 Å². The average molecular weight is 360 g/mol. The molecule has 0 saturated heterocycles. The molecule has 132 valence electrons. The van der Waals surface area contributed by atoms with Crippen molar-refractivity contribution in [2.24, 2.45) is 5.73 Å². The van der Waals surface area contributed by atoms with Crippen molar-refractivity contribution >= 4 is 41.8 Å². The number of hydrogen-bond acceptors (Lipinski definition) is 7. The Labute approximate surface area is 144 Å². The fraction of sp³-hybridized carbons (Fsp3) is 0.286. The number of halogens is 1. The van der Waals surface area contributed by atoms with Crippen molar-refractivity contribution < 1.29 is 28.7 Å². The molecular weight excluding hydrogens is 342 g/mol. The van der Waals surface area contributed by atoms with Crippen molar-refractivity contribution in [2.45, 2.75) is 0 Å². The van der Waals surface area contributed by atoms with Crippen molar-refractivity contribution in [3.63, 3.8) is 0 Å². The van der Waals surface area contributed by atoms with Gasteiger partial charge >= 0.3 is 11.9 Å². The second-order valence-corrected chi connectivity index (χ2v) is 4.31. The number of carbonyl (C=O) groups is 4. The van der Waals surface area contributed by atoms with Crippen LogP contribution in [0, 0.1) is 0 Å². The summed E-state index contributed by atoms with van der Waals surface area (Å²) in [6.45, 7) is -0.538. The molecule has 1 aromatic rings. The zero-order valence-corrected chi connectivity index (χ0v) is 13.9. The number of nitrogens with one attached hydrogen (secondary N) is 2. The van der Waals surface area contributed by atoms with E-state index in [0.29, 0.717) is 0 Å². The fourth-order valence-electron chi connectivity index (χ4n) is 1.63. The summed E-state index contributed by atoms with van der Waals surface area (Å²) < 4.78 is 9.17. The van der Waals surface area contributed by atoms with Gasteiger partial charge in [-0.25, -0.2) is 9.59 Å². The van der Waals surface area contributed by atoms with Crippen molar-refractivity contribution in [1.29, 1.82) is 0 Å². The highest BCUT2D eigenvalue weighted by Gasteiger charge is 2.15. The van der Waals surface area contributed by atoms with Gasteiger partial charge in [0, 0.05) is 5.69 Å². The number of anilines is 1. The summed E-state index contributed by atoms with van der Waals surface area (Å²) in [5, 5.41) is 4.74. The second kappa shape index (κ2) is 10.2. The van der Waals surface area contributed by atoms with Crippen LogP contribution >= 0.6 is 12.4 Å².